The number of para-hydroxylation sites is 2. The summed E-state index contributed by atoms with van der Waals surface area (Å²) in [6, 6.07) is 15.3. The molecule has 10 nitrogen and oxygen atoms in total. The lowest BCUT2D eigenvalue weighted by atomic mass is 10.1. The molecule has 11 heteroatoms. The number of methoxy groups -OCH3 is 3. The summed E-state index contributed by atoms with van der Waals surface area (Å²) in [5.74, 6) is 1.48. The van der Waals surface area contributed by atoms with Crippen molar-refractivity contribution in [3.8, 4) is 17.2 Å². The maximum absolute atomic E-state index is 13.2. The highest BCUT2D eigenvalue weighted by atomic mass is 32.2. The van der Waals surface area contributed by atoms with Crippen LogP contribution in [0, 0.1) is 10.1 Å². The van der Waals surface area contributed by atoms with Gasteiger partial charge >= 0.3 is 0 Å². The number of nitro benzene ring substituents is 1. The van der Waals surface area contributed by atoms with Crippen LogP contribution >= 0.6 is 0 Å². The van der Waals surface area contributed by atoms with Crippen molar-refractivity contribution in [1.82, 2.24) is 0 Å². The van der Waals surface area contributed by atoms with Crippen molar-refractivity contribution in [3.63, 3.8) is 0 Å². The summed E-state index contributed by atoms with van der Waals surface area (Å²) in [6.07, 6.45) is 0. The van der Waals surface area contributed by atoms with Crippen LogP contribution in [-0.2, 0) is 16.6 Å². The molecule has 0 fully saturated rings. The topological polar surface area (TPSA) is 129 Å². The molecule has 33 heavy (non-hydrogen) atoms. The van der Waals surface area contributed by atoms with Crippen molar-refractivity contribution in [2.24, 2.45) is 0 Å². The van der Waals surface area contributed by atoms with Crippen LogP contribution in [0.5, 0.6) is 17.2 Å². The highest BCUT2D eigenvalue weighted by Crippen LogP contribution is 2.32. The Morgan fingerprint density at radius 2 is 1.61 bits per heavy atom. The van der Waals surface area contributed by atoms with Crippen molar-refractivity contribution in [2.45, 2.75) is 11.4 Å². The van der Waals surface area contributed by atoms with Gasteiger partial charge < -0.3 is 19.5 Å². The van der Waals surface area contributed by atoms with Crippen LogP contribution in [0.3, 0.4) is 0 Å². The van der Waals surface area contributed by atoms with Crippen molar-refractivity contribution in [2.75, 3.05) is 31.4 Å². The zero-order valence-electron chi connectivity index (χ0n) is 18.2. The third kappa shape index (κ3) is 5.44. The largest absolute Gasteiger partial charge is 0.497 e. The normalized spacial score (nSPS) is 10.9. The number of nitrogens with zero attached hydrogens (tertiary/aromatic N) is 1. The monoisotopic (exact) mass is 473 g/mol. The molecular weight excluding hydrogens is 450 g/mol. The van der Waals surface area contributed by atoms with Crippen molar-refractivity contribution < 1.29 is 27.6 Å². The van der Waals surface area contributed by atoms with Crippen molar-refractivity contribution in [1.29, 1.82) is 0 Å². The van der Waals surface area contributed by atoms with Crippen LogP contribution < -0.4 is 24.2 Å². The lowest BCUT2D eigenvalue weighted by Crippen LogP contribution is -2.16. The van der Waals surface area contributed by atoms with E-state index in [9.17, 15) is 18.5 Å². The van der Waals surface area contributed by atoms with Crippen LogP contribution in [0.15, 0.2) is 65.6 Å². The highest BCUT2D eigenvalue weighted by Gasteiger charge is 2.24. The number of benzene rings is 3. The summed E-state index contributed by atoms with van der Waals surface area (Å²) in [5.41, 5.74) is 0.718. The Labute approximate surface area is 191 Å². The van der Waals surface area contributed by atoms with Gasteiger partial charge in [-0.1, -0.05) is 12.1 Å². The molecule has 0 aliphatic rings. The fourth-order valence-electron chi connectivity index (χ4n) is 3.13. The average molecular weight is 474 g/mol. The molecule has 3 rings (SSSR count). The predicted molar refractivity (Wildman–Crippen MR) is 124 cm³/mol. The Kier molecular flexibility index (Phi) is 7.23. The average Bonchev–Trinajstić information content (AvgIpc) is 2.82. The summed E-state index contributed by atoms with van der Waals surface area (Å²) in [4.78, 5) is 10.4. The number of sulfonamides is 1. The van der Waals surface area contributed by atoms with E-state index < -0.39 is 14.9 Å². The van der Waals surface area contributed by atoms with Gasteiger partial charge in [-0.2, -0.15) is 0 Å². The molecule has 0 aliphatic carbocycles. The second kappa shape index (κ2) is 10.1. The fourth-order valence-corrected chi connectivity index (χ4v) is 4.41. The molecule has 0 saturated carbocycles. The maximum Gasteiger partial charge on any atom is 0.270 e. The molecule has 0 bridgehead atoms. The van der Waals surface area contributed by atoms with Gasteiger partial charge in [0, 0.05) is 24.2 Å². The highest BCUT2D eigenvalue weighted by molar-refractivity contribution is 7.93. The number of nitro groups is 1. The van der Waals surface area contributed by atoms with Gasteiger partial charge in [0.2, 0.25) is 0 Å². The molecule has 3 aromatic carbocycles. The molecule has 174 valence electrons. The van der Waals surface area contributed by atoms with Gasteiger partial charge in [-0.25, -0.2) is 8.42 Å². The minimum Gasteiger partial charge on any atom is -0.497 e. The lowest BCUT2D eigenvalue weighted by molar-refractivity contribution is -0.385. The second-order valence-corrected chi connectivity index (χ2v) is 8.43. The van der Waals surface area contributed by atoms with E-state index in [1.54, 1.807) is 36.4 Å². The van der Waals surface area contributed by atoms with Crippen LogP contribution in [0.25, 0.3) is 0 Å². The number of hydrogen-bond donors (Lipinski definition) is 2. The number of non-ortho nitro benzene ring substituents is 1. The summed E-state index contributed by atoms with van der Waals surface area (Å²) in [7, 11) is 0.243. The van der Waals surface area contributed by atoms with E-state index in [1.165, 1.54) is 39.5 Å². The first-order chi connectivity index (χ1) is 15.8. The Morgan fingerprint density at radius 1 is 0.879 bits per heavy atom. The van der Waals surface area contributed by atoms with Gasteiger partial charge in [0.25, 0.3) is 15.7 Å². The minimum atomic E-state index is -4.22. The van der Waals surface area contributed by atoms with E-state index >= 15 is 0 Å². The zero-order valence-corrected chi connectivity index (χ0v) is 19.0. The number of rotatable bonds is 10. The fraction of sp³-hybridized carbons (Fsp3) is 0.182. The summed E-state index contributed by atoms with van der Waals surface area (Å²) >= 11 is 0. The van der Waals surface area contributed by atoms with Gasteiger partial charge in [-0.05, 0) is 36.4 Å². The molecule has 3 aromatic rings. The van der Waals surface area contributed by atoms with E-state index in [-0.39, 0.29) is 28.5 Å². The Morgan fingerprint density at radius 3 is 2.27 bits per heavy atom. The third-order valence-electron chi connectivity index (χ3n) is 4.77. The number of hydrogen-bond acceptors (Lipinski definition) is 8. The molecule has 0 unspecified atom stereocenters. The van der Waals surface area contributed by atoms with Crippen molar-refractivity contribution in [3.05, 3.63) is 76.3 Å². The van der Waals surface area contributed by atoms with Gasteiger partial charge in [0.15, 0.2) is 0 Å². The van der Waals surface area contributed by atoms with Crippen LogP contribution in [0.2, 0.25) is 0 Å². The maximum atomic E-state index is 13.2. The van der Waals surface area contributed by atoms with Crippen LogP contribution in [-0.4, -0.2) is 34.7 Å². The van der Waals surface area contributed by atoms with E-state index in [1.807, 2.05) is 0 Å². The van der Waals surface area contributed by atoms with Crippen LogP contribution in [0.4, 0.5) is 17.1 Å². The quantitative estimate of drug-likeness (QED) is 0.333. The van der Waals surface area contributed by atoms with Gasteiger partial charge in [0.05, 0.1) is 37.6 Å². The molecule has 0 aromatic heterocycles. The van der Waals surface area contributed by atoms with Crippen LogP contribution in [0.1, 0.15) is 5.56 Å². The van der Waals surface area contributed by atoms with E-state index in [0.29, 0.717) is 22.8 Å². The number of anilines is 2. The zero-order chi connectivity index (χ0) is 24.0. The van der Waals surface area contributed by atoms with Gasteiger partial charge in [-0.3, -0.25) is 14.8 Å². The first-order valence-corrected chi connectivity index (χ1v) is 11.2. The molecule has 0 radical (unpaired) electrons. The summed E-state index contributed by atoms with van der Waals surface area (Å²) in [6.45, 7) is 0.176. The smallest absolute Gasteiger partial charge is 0.270 e. The Balaban J connectivity index is 1.99. The molecule has 0 aliphatic heterocycles. The standard InChI is InChI=1S/C22H23N3O7S/c1-30-17-9-11-20(31-2)15(12-17)14-23-19-10-8-16(25(26)27)13-22(19)33(28,29)24-18-6-4-5-7-21(18)32-3/h4-13,23-24H,14H2,1-3H3. The van der Waals surface area contributed by atoms with Gasteiger partial charge in [0.1, 0.15) is 22.1 Å². The first kappa shape index (κ1) is 23.7. The minimum absolute atomic E-state index is 0.174. The molecular formula is C22H23N3O7S. The van der Waals surface area contributed by atoms with E-state index in [2.05, 4.69) is 10.0 Å². The molecule has 0 amide bonds. The summed E-state index contributed by atoms with van der Waals surface area (Å²) < 4.78 is 44.7. The third-order valence-corrected chi connectivity index (χ3v) is 6.18. The lowest BCUT2D eigenvalue weighted by Gasteiger charge is -2.16. The number of ether oxygens (including phenoxy) is 3. The van der Waals surface area contributed by atoms with E-state index in [4.69, 9.17) is 14.2 Å². The Bertz CT molecular complexity index is 1260. The summed E-state index contributed by atoms with van der Waals surface area (Å²) in [5, 5.41) is 14.3. The molecule has 0 atom stereocenters. The molecule has 2 N–H and O–H groups in total. The van der Waals surface area contributed by atoms with Gasteiger partial charge in [-0.15, -0.1) is 0 Å². The number of nitrogens with one attached hydrogen (secondary N) is 2. The second-order valence-electron chi connectivity index (χ2n) is 6.77. The Hall–Kier alpha value is -3.99. The molecule has 0 heterocycles. The van der Waals surface area contributed by atoms with Crippen molar-refractivity contribution >= 4 is 27.1 Å². The predicted octanol–water partition coefficient (Wildman–Crippen LogP) is 4.03. The molecule has 0 spiro atoms. The van der Waals surface area contributed by atoms with E-state index in [0.717, 1.165) is 6.07 Å². The molecule has 0 saturated heterocycles. The first-order valence-electron chi connectivity index (χ1n) is 9.68. The SMILES string of the molecule is COc1ccc(OC)c(CNc2ccc([N+](=O)[O-])cc2S(=O)(=O)Nc2ccccc2OC)c1.